The highest BCUT2D eigenvalue weighted by atomic mass is 16.3. The number of carbonyl (C=O) groups is 1. The fourth-order valence-electron chi connectivity index (χ4n) is 3.36. The average Bonchev–Trinajstić information content (AvgIpc) is 2.90. The minimum absolute atomic E-state index is 0.0578. The molecule has 96 valence electrons. The van der Waals surface area contributed by atoms with E-state index in [1.54, 1.807) is 0 Å². The van der Waals surface area contributed by atoms with Crippen LogP contribution in [0.25, 0.3) is 0 Å². The monoisotopic (exact) mass is 238 g/mol. The molecule has 4 nitrogen and oxygen atoms in total. The van der Waals surface area contributed by atoms with Crippen LogP contribution in [0.3, 0.4) is 0 Å². The van der Waals surface area contributed by atoms with Gasteiger partial charge in [-0.3, -0.25) is 4.79 Å². The van der Waals surface area contributed by atoms with Crippen LogP contribution in [-0.4, -0.2) is 47.2 Å². The van der Waals surface area contributed by atoms with Crippen LogP contribution in [0.4, 0.5) is 0 Å². The molecular weight excluding hydrogens is 216 g/mol. The molecule has 0 aromatic carbocycles. The minimum atomic E-state index is 0.0578. The van der Waals surface area contributed by atoms with E-state index in [1.807, 2.05) is 4.90 Å². The Morgan fingerprint density at radius 3 is 2.76 bits per heavy atom. The summed E-state index contributed by atoms with van der Waals surface area (Å²) in [6.07, 6.45) is 6.71. The number of hydrogen-bond acceptors (Lipinski definition) is 3. The highest BCUT2D eigenvalue weighted by Crippen LogP contribution is 2.33. The first-order valence-electron chi connectivity index (χ1n) is 6.97. The number of aliphatic hydroxyl groups excluding tert-OH is 1. The molecule has 3 fully saturated rings. The van der Waals surface area contributed by atoms with Crippen LogP contribution in [0.2, 0.25) is 0 Å². The third-order valence-electron chi connectivity index (χ3n) is 4.51. The van der Waals surface area contributed by atoms with Crippen LogP contribution in [0.5, 0.6) is 0 Å². The van der Waals surface area contributed by atoms with Crippen LogP contribution in [-0.2, 0) is 4.79 Å². The molecule has 3 aliphatic rings. The van der Waals surface area contributed by atoms with Gasteiger partial charge in [0, 0.05) is 31.2 Å². The first kappa shape index (κ1) is 11.5. The lowest BCUT2D eigenvalue weighted by molar-refractivity contribution is -0.132. The van der Waals surface area contributed by atoms with Gasteiger partial charge in [-0.05, 0) is 32.1 Å². The third-order valence-corrected chi connectivity index (χ3v) is 4.51. The molecule has 2 aliphatic carbocycles. The van der Waals surface area contributed by atoms with Crippen LogP contribution in [0.15, 0.2) is 0 Å². The van der Waals surface area contributed by atoms with Crippen molar-refractivity contribution in [1.29, 1.82) is 0 Å². The maximum absolute atomic E-state index is 12.3. The van der Waals surface area contributed by atoms with Crippen LogP contribution in [0.1, 0.15) is 38.5 Å². The second-order valence-corrected chi connectivity index (χ2v) is 5.75. The molecule has 0 aromatic rings. The fraction of sp³-hybridized carbons (Fsp3) is 0.923. The van der Waals surface area contributed by atoms with Crippen LogP contribution >= 0.6 is 0 Å². The predicted molar refractivity (Wildman–Crippen MR) is 64.5 cm³/mol. The lowest BCUT2D eigenvalue weighted by Crippen LogP contribution is -2.45. The predicted octanol–water partition coefficient (Wildman–Crippen LogP) is 0.500. The Morgan fingerprint density at radius 2 is 2.06 bits per heavy atom. The number of nitrogens with zero attached hydrogens (tertiary/aromatic N) is 1. The summed E-state index contributed by atoms with van der Waals surface area (Å²) in [5.74, 6) is 0.598. The molecule has 1 amide bonds. The van der Waals surface area contributed by atoms with Gasteiger partial charge >= 0.3 is 0 Å². The first-order chi connectivity index (χ1) is 8.29. The highest BCUT2D eigenvalue weighted by Gasteiger charge is 2.41. The van der Waals surface area contributed by atoms with Crippen LogP contribution < -0.4 is 5.32 Å². The molecular formula is C13H22N2O2. The molecule has 2 N–H and O–H groups in total. The molecule has 0 bridgehead atoms. The second-order valence-electron chi connectivity index (χ2n) is 5.75. The Morgan fingerprint density at radius 1 is 1.24 bits per heavy atom. The van der Waals surface area contributed by atoms with Crippen molar-refractivity contribution in [2.24, 2.45) is 5.92 Å². The topological polar surface area (TPSA) is 52.6 Å². The van der Waals surface area contributed by atoms with Gasteiger partial charge in [-0.2, -0.15) is 0 Å². The number of rotatable bonds is 4. The van der Waals surface area contributed by atoms with Crippen molar-refractivity contribution >= 4 is 5.91 Å². The van der Waals surface area contributed by atoms with Crippen molar-refractivity contribution < 1.29 is 9.90 Å². The normalized spacial score (nSPS) is 38.1. The molecule has 0 spiro atoms. The van der Waals surface area contributed by atoms with Crippen molar-refractivity contribution in [2.75, 3.05) is 13.2 Å². The van der Waals surface area contributed by atoms with Gasteiger partial charge < -0.3 is 15.3 Å². The lowest BCUT2D eigenvalue weighted by atomic mass is 10.0. The molecule has 4 heteroatoms. The molecule has 3 rings (SSSR count). The number of likely N-dealkylation sites (tertiary alicyclic amines) is 1. The zero-order valence-corrected chi connectivity index (χ0v) is 10.3. The molecule has 2 saturated carbocycles. The molecule has 1 saturated heterocycles. The number of hydrogen-bond donors (Lipinski definition) is 2. The molecule has 1 heterocycles. The highest BCUT2D eigenvalue weighted by molar-refractivity contribution is 5.84. The van der Waals surface area contributed by atoms with Crippen molar-refractivity contribution in [3.05, 3.63) is 0 Å². The first-order valence-corrected chi connectivity index (χ1v) is 6.97. The van der Waals surface area contributed by atoms with Gasteiger partial charge in [0.15, 0.2) is 0 Å². The van der Waals surface area contributed by atoms with Gasteiger partial charge in [0.25, 0.3) is 0 Å². The van der Waals surface area contributed by atoms with Crippen molar-refractivity contribution in [3.63, 3.8) is 0 Å². The molecule has 0 radical (unpaired) electrons. The van der Waals surface area contributed by atoms with E-state index < -0.39 is 0 Å². The Labute approximate surface area is 102 Å². The molecule has 1 aliphatic heterocycles. The summed E-state index contributed by atoms with van der Waals surface area (Å²) in [4.78, 5) is 14.3. The van der Waals surface area contributed by atoms with Crippen molar-refractivity contribution in [2.45, 2.75) is 56.7 Å². The van der Waals surface area contributed by atoms with E-state index in [9.17, 15) is 9.90 Å². The maximum Gasteiger partial charge on any atom is 0.240 e. The number of amides is 1. The Kier molecular flexibility index (Phi) is 3.09. The van der Waals surface area contributed by atoms with E-state index >= 15 is 0 Å². The maximum atomic E-state index is 12.3. The van der Waals surface area contributed by atoms with Gasteiger partial charge in [-0.15, -0.1) is 0 Å². The summed E-state index contributed by atoms with van der Waals surface area (Å²) >= 11 is 0. The zero-order valence-electron chi connectivity index (χ0n) is 10.3. The van der Waals surface area contributed by atoms with E-state index in [0.717, 1.165) is 32.2 Å². The lowest BCUT2D eigenvalue weighted by Gasteiger charge is -2.29. The van der Waals surface area contributed by atoms with E-state index in [0.29, 0.717) is 18.0 Å². The summed E-state index contributed by atoms with van der Waals surface area (Å²) in [5, 5.41) is 12.8. The van der Waals surface area contributed by atoms with Gasteiger partial charge in [-0.25, -0.2) is 0 Å². The number of aliphatic hydroxyl groups is 1. The Balaban J connectivity index is 1.62. The van der Waals surface area contributed by atoms with Crippen molar-refractivity contribution in [3.8, 4) is 0 Å². The van der Waals surface area contributed by atoms with Crippen LogP contribution in [0, 0.1) is 5.92 Å². The minimum Gasteiger partial charge on any atom is -0.396 e. The number of carbonyl (C=O) groups excluding carboxylic acids is 1. The SMILES string of the molecule is O=C1C(NC2CC2)CCN1C1CCCC1CO. The van der Waals surface area contributed by atoms with Gasteiger partial charge in [0.1, 0.15) is 0 Å². The average molecular weight is 238 g/mol. The smallest absolute Gasteiger partial charge is 0.240 e. The second kappa shape index (κ2) is 4.58. The zero-order chi connectivity index (χ0) is 11.8. The molecule has 3 unspecified atom stereocenters. The van der Waals surface area contributed by atoms with E-state index in [4.69, 9.17) is 0 Å². The van der Waals surface area contributed by atoms with Gasteiger partial charge in [-0.1, -0.05) is 6.42 Å². The summed E-state index contributed by atoms with van der Waals surface area (Å²) in [6.45, 7) is 1.11. The Hall–Kier alpha value is -0.610. The molecule has 3 atom stereocenters. The Bertz CT molecular complexity index is 304. The van der Waals surface area contributed by atoms with Crippen molar-refractivity contribution in [1.82, 2.24) is 10.2 Å². The quantitative estimate of drug-likeness (QED) is 0.750. The summed E-state index contributed by atoms with van der Waals surface area (Å²) in [5.41, 5.74) is 0. The summed E-state index contributed by atoms with van der Waals surface area (Å²) in [7, 11) is 0. The van der Waals surface area contributed by atoms with Gasteiger partial charge in [0.05, 0.1) is 6.04 Å². The summed E-state index contributed by atoms with van der Waals surface area (Å²) < 4.78 is 0. The largest absolute Gasteiger partial charge is 0.396 e. The summed E-state index contributed by atoms with van der Waals surface area (Å²) in [6, 6.07) is 0.960. The molecule has 17 heavy (non-hydrogen) atoms. The standard InChI is InChI=1S/C13H22N2O2/c16-8-9-2-1-3-12(9)15-7-6-11(13(15)17)14-10-4-5-10/h9-12,14,16H,1-8H2. The van der Waals surface area contributed by atoms with E-state index in [2.05, 4.69) is 5.32 Å². The van der Waals surface area contributed by atoms with E-state index in [1.165, 1.54) is 12.8 Å². The third kappa shape index (κ3) is 2.20. The fourth-order valence-corrected chi connectivity index (χ4v) is 3.36. The van der Waals surface area contributed by atoms with E-state index in [-0.39, 0.29) is 18.6 Å². The molecule has 0 aromatic heterocycles. The number of nitrogens with one attached hydrogen (secondary N) is 1. The van der Waals surface area contributed by atoms with Gasteiger partial charge in [0.2, 0.25) is 5.91 Å².